The molecular formula is C21H25N3O3. The van der Waals surface area contributed by atoms with Crippen LogP contribution in [0.2, 0.25) is 0 Å². The molecule has 0 spiro atoms. The van der Waals surface area contributed by atoms with E-state index in [4.69, 9.17) is 9.47 Å². The van der Waals surface area contributed by atoms with E-state index in [1.807, 2.05) is 47.5 Å². The van der Waals surface area contributed by atoms with Gasteiger partial charge >= 0.3 is 0 Å². The van der Waals surface area contributed by atoms with Crippen LogP contribution in [0, 0.1) is 0 Å². The molecule has 1 amide bonds. The van der Waals surface area contributed by atoms with Gasteiger partial charge in [0, 0.05) is 44.2 Å². The Morgan fingerprint density at radius 2 is 2.19 bits per heavy atom. The van der Waals surface area contributed by atoms with Crippen molar-refractivity contribution in [3.63, 3.8) is 0 Å². The number of nitrogens with zero attached hydrogens (tertiary/aromatic N) is 2. The monoisotopic (exact) mass is 367 g/mol. The maximum absolute atomic E-state index is 13.1. The molecule has 0 radical (unpaired) electrons. The Labute approximate surface area is 159 Å². The first-order valence-corrected chi connectivity index (χ1v) is 9.57. The molecule has 2 unspecified atom stereocenters. The zero-order chi connectivity index (χ0) is 18.5. The van der Waals surface area contributed by atoms with E-state index in [0.717, 1.165) is 43.9 Å². The minimum absolute atomic E-state index is 0.00427. The fourth-order valence-corrected chi connectivity index (χ4v) is 3.64. The molecule has 0 aliphatic carbocycles. The fourth-order valence-electron chi connectivity index (χ4n) is 3.64. The molecule has 2 aliphatic heterocycles. The number of nitrogens with one attached hydrogen (secondary N) is 1. The molecule has 6 heteroatoms. The van der Waals surface area contributed by atoms with Crippen LogP contribution in [-0.2, 0) is 4.74 Å². The summed E-state index contributed by atoms with van der Waals surface area (Å²) in [6, 6.07) is 11.3. The van der Waals surface area contributed by atoms with E-state index >= 15 is 0 Å². The van der Waals surface area contributed by atoms with E-state index in [2.05, 4.69) is 10.3 Å². The zero-order valence-electron chi connectivity index (χ0n) is 15.3. The third-order valence-electron chi connectivity index (χ3n) is 5.13. The summed E-state index contributed by atoms with van der Waals surface area (Å²) in [5, 5.41) is 3.37. The van der Waals surface area contributed by atoms with Crippen LogP contribution in [-0.4, -0.2) is 54.7 Å². The van der Waals surface area contributed by atoms with Crippen LogP contribution in [0.1, 0.15) is 34.8 Å². The molecule has 2 aliphatic rings. The van der Waals surface area contributed by atoms with Crippen molar-refractivity contribution >= 4 is 5.91 Å². The van der Waals surface area contributed by atoms with Crippen molar-refractivity contribution in [1.29, 1.82) is 0 Å². The highest BCUT2D eigenvalue weighted by molar-refractivity contribution is 5.94. The van der Waals surface area contributed by atoms with Gasteiger partial charge in [0.1, 0.15) is 12.4 Å². The quantitative estimate of drug-likeness (QED) is 0.879. The summed E-state index contributed by atoms with van der Waals surface area (Å²) in [7, 11) is 0. The number of ether oxygens (including phenoxy) is 2. The molecular weight excluding hydrogens is 342 g/mol. The van der Waals surface area contributed by atoms with Crippen LogP contribution in [0.3, 0.4) is 0 Å². The number of carbonyl (C=O) groups excluding carboxylic acids is 1. The van der Waals surface area contributed by atoms with Crippen LogP contribution in [0.5, 0.6) is 5.75 Å². The van der Waals surface area contributed by atoms with Gasteiger partial charge in [0.25, 0.3) is 5.91 Å². The van der Waals surface area contributed by atoms with Gasteiger partial charge in [-0.2, -0.15) is 0 Å². The van der Waals surface area contributed by atoms with Crippen molar-refractivity contribution in [3.05, 3.63) is 59.9 Å². The third-order valence-corrected chi connectivity index (χ3v) is 5.13. The van der Waals surface area contributed by atoms with E-state index in [0.29, 0.717) is 18.7 Å². The van der Waals surface area contributed by atoms with Crippen LogP contribution >= 0.6 is 0 Å². The summed E-state index contributed by atoms with van der Waals surface area (Å²) >= 11 is 0. The van der Waals surface area contributed by atoms with E-state index < -0.39 is 0 Å². The summed E-state index contributed by atoms with van der Waals surface area (Å²) in [5.41, 5.74) is 1.73. The van der Waals surface area contributed by atoms with Gasteiger partial charge in [-0.3, -0.25) is 9.78 Å². The second-order valence-electron chi connectivity index (χ2n) is 6.98. The van der Waals surface area contributed by atoms with Gasteiger partial charge in [-0.25, -0.2) is 0 Å². The maximum Gasteiger partial charge on any atom is 0.254 e. The number of carbonyl (C=O) groups is 1. The van der Waals surface area contributed by atoms with Gasteiger partial charge in [0.05, 0.1) is 12.1 Å². The van der Waals surface area contributed by atoms with Gasteiger partial charge in [-0.05, 0) is 48.7 Å². The Bertz CT molecular complexity index is 745. The number of piperazine rings is 1. The smallest absolute Gasteiger partial charge is 0.254 e. The normalized spacial score (nSPS) is 22.6. The highest BCUT2D eigenvalue weighted by Crippen LogP contribution is 2.24. The molecule has 2 fully saturated rings. The first-order chi connectivity index (χ1) is 13.3. The average molecular weight is 367 g/mol. The second-order valence-corrected chi connectivity index (χ2v) is 6.98. The lowest BCUT2D eigenvalue weighted by atomic mass is 10.0. The number of hydrogen-bond donors (Lipinski definition) is 1. The van der Waals surface area contributed by atoms with Crippen LogP contribution in [0.4, 0.5) is 0 Å². The van der Waals surface area contributed by atoms with Gasteiger partial charge in [-0.15, -0.1) is 0 Å². The van der Waals surface area contributed by atoms with Crippen molar-refractivity contribution in [1.82, 2.24) is 15.2 Å². The second kappa shape index (κ2) is 8.50. The van der Waals surface area contributed by atoms with E-state index in [-0.39, 0.29) is 18.1 Å². The fraction of sp³-hybridized carbons (Fsp3) is 0.429. The van der Waals surface area contributed by atoms with Gasteiger partial charge in [0.15, 0.2) is 0 Å². The van der Waals surface area contributed by atoms with Crippen molar-refractivity contribution in [3.8, 4) is 5.75 Å². The first kappa shape index (κ1) is 17.9. The molecule has 142 valence electrons. The standard InChI is InChI=1S/C21H25N3O3/c25-21(24-11-10-23-14-20(24)17-3-1-9-22-13-17)16-5-7-18(8-6-16)27-15-19-4-2-12-26-19/h1,3,5-9,13,19-20,23H,2,4,10-12,14-15H2. The van der Waals surface area contributed by atoms with Crippen molar-refractivity contribution < 1.29 is 14.3 Å². The van der Waals surface area contributed by atoms with Crippen molar-refractivity contribution in [2.24, 2.45) is 0 Å². The summed E-state index contributed by atoms with van der Waals surface area (Å²) in [6.45, 7) is 3.60. The van der Waals surface area contributed by atoms with Crippen LogP contribution in [0.15, 0.2) is 48.8 Å². The molecule has 1 N–H and O–H groups in total. The third kappa shape index (κ3) is 4.28. The minimum Gasteiger partial charge on any atom is -0.491 e. The SMILES string of the molecule is O=C(c1ccc(OCC2CCCO2)cc1)N1CCNCC1c1cccnc1. The lowest BCUT2D eigenvalue weighted by Gasteiger charge is -2.36. The number of aromatic nitrogens is 1. The molecule has 27 heavy (non-hydrogen) atoms. The molecule has 0 bridgehead atoms. The van der Waals surface area contributed by atoms with Gasteiger partial charge in [0.2, 0.25) is 0 Å². The van der Waals surface area contributed by atoms with Crippen molar-refractivity contribution in [2.75, 3.05) is 32.8 Å². The lowest BCUT2D eigenvalue weighted by molar-refractivity contribution is 0.0632. The maximum atomic E-state index is 13.1. The summed E-state index contributed by atoms with van der Waals surface area (Å²) < 4.78 is 11.4. The average Bonchev–Trinajstić information content (AvgIpc) is 3.26. The van der Waals surface area contributed by atoms with E-state index in [1.54, 1.807) is 6.20 Å². The Hall–Kier alpha value is -2.44. The lowest BCUT2D eigenvalue weighted by Crippen LogP contribution is -2.48. The Morgan fingerprint density at radius 1 is 1.30 bits per heavy atom. The van der Waals surface area contributed by atoms with Gasteiger partial charge in [-0.1, -0.05) is 6.07 Å². The minimum atomic E-state index is -0.00427. The Balaban J connectivity index is 1.42. The topological polar surface area (TPSA) is 63.7 Å². The number of benzene rings is 1. The predicted molar refractivity (Wildman–Crippen MR) is 102 cm³/mol. The summed E-state index contributed by atoms with van der Waals surface area (Å²) in [5.74, 6) is 0.808. The highest BCUT2D eigenvalue weighted by Gasteiger charge is 2.28. The molecule has 6 nitrogen and oxygen atoms in total. The molecule has 4 rings (SSSR count). The molecule has 1 aromatic carbocycles. The number of amides is 1. The predicted octanol–water partition coefficient (Wildman–Crippen LogP) is 2.43. The molecule has 2 saturated heterocycles. The molecule has 1 aromatic heterocycles. The Morgan fingerprint density at radius 3 is 2.93 bits per heavy atom. The largest absolute Gasteiger partial charge is 0.491 e. The van der Waals surface area contributed by atoms with Gasteiger partial charge < -0.3 is 19.7 Å². The molecule has 2 atom stereocenters. The molecule has 3 heterocycles. The number of hydrogen-bond acceptors (Lipinski definition) is 5. The molecule has 2 aromatic rings. The van der Waals surface area contributed by atoms with Crippen LogP contribution in [0.25, 0.3) is 0 Å². The zero-order valence-corrected chi connectivity index (χ0v) is 15.3. The highest BCUT2D eigenvalue weighted by atomic mass is 16.5. The summed E-state index contributed by atoms with van der Waals surface area (Å²) in [4.78, 5) is 19.2. The van der Waals surface area contributed by atoms with E-state index in [1.165, 1.54) is 0 Å². The summed E-state index contributed by atoms with van der Waals surface area (Å²) in [6.07, 6.45) is 5.92. The first-order valence-electron chi connectivity index (χ1n) is 9.57. The number of rotatable bonds is 5. The molecule has 0 saturated carbocycles. The van der Waals surface area contributed by atoms with Crippen molar-refractivity contribution in [2.45, 2.75) is 25.0 Å². The Kier molecular flexibility index (Phi) is 5.65. The number of pyridine rings is 1. The van der Waals surface area contributed by atoms with Crippen LogP contribution < -0.4 is 10.1 Å². The van der Waals surface area contributed by atoms with E-state index in [9.17, 15) is 4.79 Å².